The van der Waals surface area contributed by atoms with Gasteiger partial charge in [0.15, 0.2) is 18.8 Å². The zero-order chi connectivity index (χ0) is 17.8. The van der Waals surface area contributed by atoms with Crippen molar-refractivity contribution in [2.45, 2.75) is 31.4 Å². The lowest BCUT2D eigenvalue weighted by molar-refractivity contribution is -0.0721. The van der Waals surface area contributed by atoms with Crippen molar-refractivity contribution >= 4 is 11.8 Å². The molecule has 2 fully saturated rings. The number of nitrogens with zero attached hydrogens (tertiary/aromatic N) is 2. The number of carbonyl (C=O) groups is 1. The average Bonchev–Trinajstić information content (AvgIpc) is 3.13. The Bertz CT molecular complexity index is 713. The van der Waals surface area contributed by atoms with Gasteiger partial charge in [0.25, 0.3) is 0 Å². The van der Waals surface area contributed by atoms with Gasteiger partial charge in [0.2, 0.25) is 0 Å². The fourth-order valence-electron chi connectivity index (χ4n) is 3.49. The molecule has 2 aromatic rings. The minimum absolute atomic E-state index is 0.0622. The molecular formula is C19H23N3O4. The Balaban J connectivity index is 1.29. The first-order chi connectivity index (χ1) is 12.8. The zero-order valence-corrected chi connectivity index (χ0v) is 14.6. The first-order valence-electron chi connectivity index (χ1n) is 9.01. The highest BCUT2D eigenvalue weighted by atomic mass is 16.6. The number of amides is 1. The van der Waals surface area contributed by atoms with Crippen molar-refractivity contribution < 1.29 is 18.7 Å². The molecule has 2 aliphatic heterocycles. The summed E-state index contributed by atoms with van der Waals surface area (Å²) >= 11 is 0. The summed E-state index contributed by atoms with van der Waals surface area (Å²) in [5, 5.41) is 2.73. The number of nitrogens with one attached hydrogen (secondary N) is 1. The summed E-state index contributed by atoms with van der Waals surface area (Å²) in [6, 6.07) is 8.64. The van der Waals surface area contributed by atoms with E-state index in [0.29, 0.717) is 17.7 Å². The number of rotatable bonds is 5. The molecule has 26 heavy (non-hydrogen) atoms. The van der Waals surface area contributed by atoms with Crippen LogP contribution in [-0.2, 0) is 16.1 Å². The zero-order valence-electron chi connectivity index (χ0n) is 14.6. The van der Waals surface area contributed by atoms with Crippen LogP contribution in [0, 0.1) is 0 Å². The van der Waals surface area contributed by atoms with Gasteiger partial charge in [0.1, 0.15) is 0 Å². The molecule has 1 amide bonds. The maximum Gasteiger partial charge on any atom is 0.412 e. The van der Waals surface area contributed by atoms with Crippen molar-refractivity contribution in [3.63, 3.8) is 0 Å². The summed E-state index contributed by atoms with van der Waals surface area (Å²) in [4.78, 5) is 18.2. The van der Waals surface area contributed by atoms with Crippen molar-refractivity contribution in [3.8, 4) is 0 Å². The van der Waals surface area contributed by atoms with Gasteiger partial charge in [-0.25, -0.2) is 9.78 Å². The molecule has 138 valence electrons. The molecule has 0 bridgehead atoms. The number of carbonyl (C=O) groups excluding carboxylic acids is 1. The van der Waals surface area contributed by atoms with Crippen LogP contribution in [0.5, 0.6) is 0 Å². The lowest BCUT2D eigenvalue weighted by Crippen LogP contribution is -2.52. The van der Waals surface area contributed by atoms with Crippen LogP contribution in [0.25, 0.3) is 0 Å². The first-order valence-corrected chi connectivity index (χ1v) is 9.01. The summed E-state index contributed by atoms with van der Waals surface area (Å²) in [5.41, 5.74) is 2.03. The normalized spacial score (nSPS) is 21.2. The largest absolute Gasteiger partial charge is 0.445 e. The minimum atomic E-state index is -0.511. The molecule has 1 atom stereocenters. The Morgan fingerprint density at radius 1 is 1.31 bits per heavy atom. The fraction of sp³-hybridized carbons (Fsp3) is 0.474. The Kier molecular flexibility index (Phi) is 5.17. The van der Waals surface area contributed by atoms with Gasteiger partial charge in [-0.15, -0.1) is 0 Å². The van der Waals surface area contributed by atoms with E-state index in [1.54, 1.807) is 0 Å². The SMILES string of the molecule is O=C(Nc1ccc(C2CCCN(C3COC3)C2)cc1)OCc1cnco1. The molecule has 2 aliphatic rings. The van der Waals surface area contributed by atoms with Gasteiger partial charge >= 0.3 is 6.09 Å². The number of benzene rings is 1. The highest BCUT2D eigenvalue weighted by Crippen LogP contribution is 2.30. The van der Waals surface area contributed by atoms with E-state index in [9.17, 15) is 4.79 Å². The highest BCUT2D eigenvalue weighted by molar-refractivity contribution is 5.84. The van der Waals surface area contributed by atoms with Crippen molar-refractivity contribution in [3.05, 3.63) is 48.2 Å². The number of hydrogen-bond acceptors (Lipinski definition) is 6. The van der Waals surface area contributed by atoms with Crippen LogP contribution in [-0.4, -0.2) is 48.3 Å². The summed E-state index contributed by atoms with van der Waals surface area (Å²) in [6.07, 6.45) is 4.74. The second-order valence-corrected chi connectivity index (χ2v) is 6.82. The van der Waals surface area contributed by atoms with Crippen LogP contribution >= 0.6 is 0 Å². The van der Waals surface area contributed by atoms with Crippen LogP contribution < -0.4 is 5.32 Å². The number of aromatic nitrogens is 1. The molecular weight excluding hydrogens is 334 g/mol. The molecule has 0 spiro atoms. The van der Waals surface area contributed by atoms with Crippen molar-refractivity contribution in [1.29, 1.82) is 0 Å². The van der Waals surface area contributed by atoms with E-state index < -0.39 is 6.09 Å². The van der Waals surface area contributed by atoms with E-state index >= 15 is 0 Å². The molecule has 0 aliphatic carbocycles. The van der Waals surface area contributed by atoms with Gasteiger partial charge in [-0.3, -0.25) is 10.2 Å². The minimum Gasteiger partial charge on any atom is -0.445 e. The standard InChI is InChI=1S/C19H23N3O4/c23-19(25-12-18-8-20-13-26-18)21-16-5-3-14(4-6-16)15-2-1-7-22(9-15)17-10-24-11-17/h3-6,8,13,15,17H,1-2,7,9-12H2,(H,21,23). The van der Waals surface area contributed by atoms with Gasteiger partial charge in [-0.05, 0) is 43.0 Å². The summed E-state index contributed by atoms with van der Waals surface area (Å²) in [6.45, 7) is 4.05. The monoisotopic (exact) mass is 357 g/mol. The van der Waals surface area contributed by atoms with Crippen LogP contribution in [0.2, 0.25) is 0 Å². The Morgan fingerprint density at radius 3 is 2.85 bits per heavy atom. The van der Waals surface area contributed by atoms with Gasteiger partial charge in [-0.2, -0.15) is 0 Å². The second kappa shape index (κ2) is 7.88. The molecule has 0 radical (unpaired) electrons. The lowest BCUT2D eigenvalue weighted by Gasteiger charge is -2.42. The molecule has 0 saturated carbocycles. The van der Waals surface area contributed by atoms with Gasteiger partial charge in [0.05, 0.1) is 25.5 Å². The molecule has 1 aromatic carbocycles. The van der Waals surface area contributed by atoms with Gasteiger partial charge in [0, 0.05) is 12.2 Å². The maximum absolute atomic E-state index is 11.8. The second-order valence-electron chi connectivity index (χ2n) is 6.82. The summed E-state index contributed by atoms with van der Waals surface area (Å²) < 4.78 is 15.4. The number of likely N-dealkylation sites (tertiary alicyclic amines) is 1. The van der Waals surface area contributed by atoms with Crippen LogP contribution in [0.4, 0.5) is 10.5 Å². The Labute approximate surface area is 152 Å². The molecule has 7 heteroatoms. The van der Waals surface area contributed by atoms with Crippen LogP contribution in [0.3, 0.4) is 0 Å². The smallest absolute Gasteiger partial charge is 0.412 e. The molecule has 3 heterocycles. The third-order valence-electron chi connectivity index (χ3n) is 5.05. The van der Waals surface area contributed by atoms with Crippen LogP contribution in [0.1, 0.15) is 30.1 Å². The topological polar surface area (TPSA) is 76.8 Å². The highest BCUT2D eigenvalue weighted by Gasteiger charge is 2.30. The number of hydrogen-bond donors (Lipinski definition) is 1. The fourth-order valence-corrected chi connectivity index (χ4v) is 3.49. The quantitative estimate of drug-likeness (QED) is 0.886. The van der Waals surface area contributed by atoms with Gasteiger partial charge < -0.3 is 13.9 Å². The van der Waals surface area contributed by atoms with Crippen molar-refractivity contribution in [1.82, 2.24) is 9.88 Å². The van der Waals surface area contributed by atoms with E-state index in [4.69, 9.17) is 13.9 Å². The van der Waals surface area contributed by atoms with Crippen molar-refractivity contribution in [2.24, 2.45) is 0 Å². The first kappa shape index (κ1) is 17.1. The number of piperidine rings is 1. The molecule has 1 aromatic heterocycles. The van der Waals surface area contributed by atoms with E-state index in [1.165, 1.54) is 37.5 Å². The van der Waals surface area contributed by atoms with E-state index in [0.717, 1.165) is 25.4 Å². The summed E-state index contributed by atoms with van der Waals surface area (Å²) in [5.74, 6) is 1.05. The van der Waals surface area contributed by atoms with Crippen LogP contribution in [0.15, 0.2) is 41.3 Å². The average molecular weight is 357 g/mol. The number of ether oxygens (including phenoxy) is 2. The van der Waals surface area contributed by atoms with E-state index in [2.05, 4.69) is 27.3 Å². The third-order valence-corrected chi connectivity index (χ3v) is 5.05. The number of oxazole rings is 1. The predicted octanol–water partition coefficient (Wildman–Crippen LogP) is 3.00. The predicted molar refractivity (Wildman–Crippen MR) is 94.9 cm³/mol. The Morgan fingerprint density at radius 2 is 2.15 bits per heavy atom. The summed E-state index contributed by atoms with van der Waals surface area (Å²) in [7, 11) is 0. The molecule has 2 saturated heterocycles. The maximum atomic E-state index is 11.8. The molecule has 4 rings (SSSR count). The van der Waals surface area contributed by atoms with E-state index in [-0.39, 0.29) is 6.61 Å². The Hall–Kier alpha value is -2.38. The van der Waals surface area contributed by atoms with Crippen molar-refractivity contribution in [2.75, 3.05) is 31.6 Å². The van der Waals surface area contributed by atoms with E-state index in [1.807, 2.05) is 12.1 Å². The molecule has 7 nitrogen and oxygen atoms in total. The van der Waals surface area contributed by atoms with Gasteiger partial charge in [-0.1, -0.05) is 12.1 Å². The lowest BCUT2D eigenvalue weighted by atomic mass is 9.89. The molecule has 1 unspecified atom stereocenters. The molecule has 1 N–H and O–H groups in total. The third kappa shape index (κ3) is 4.05. The number of anilines is 1.